The van der Waals surface area contributed by atoms with Crippen LogP contribution in [0.1, 0.15) is 6.92 Å². The van der Waals surface area contributed by atoms with Crippen LogP contribution < -0.4 is 20.3 Å². The van der Waals surface area contributed by atoms with Crippen molar-refractivity contribution in [2.45, 2.75) is 19.0 Å². The van der Waals surface area contributed by atoms with Crippen LogP contribution in [-0.4, -0.2) is 84.8 Å². The summed E-state index contributed by atoms with van der Waals surface area (Å²) >= 11 is 6.32. The molecule has 210 valence electrons. The van der Waals surface area contributed by atoms with Gasteiger partial charge in [0.25, 0.3) is 0 Å². The fourth-order valence-corrected chi connectivity index (χ4v) is 5.82. The Morgan fingerprint density at radius 1 is 1.12 bits per heavy atom. The predicted octanol–water partition coefficient (Wildman–Crippen LogP) is 3.31. The highest BCUT2D eigenvalue weighted by atomic mass is 35.5. The van der Waals surface area contributed by atoms with Crippen LogP contribution in [0.15, 0.2) is 55.1 Å². The number of halogens is 1. The van der Waals surface area contributed by atoms with Gasteiger partial charge in [0.2, 0.25) is 10.0 Å². The zero-order valence-electron chi connectivity index (χ0n) is 22.7. The molecular weight excluding hydrogens is 552 g/mol. The number of aromatic nitrogens is 4. The summed E-state index contributed by atoms with van der Waals surface area (Å²) in [7, 11) is 0.345. The van der Waals surface area contributed by atoms with Crippen molar-refractivity contribution in [2.75, 3.05) is 55.6 Å². The average molecular weight is 583 g/mol. The molecule has 1 saturated heterocycles. The summed E-state index contributed by atoms with van der Waals surface area (Å²) in [6.07, 6.45) is 7.92. The van der Waals surface area contributed by atoms with Gasteiger partial charge in [0.1, 0.15) is 23.3 Å². The van der Waals surface area contributed by atoms with Crippen LogP contribution in [-0.2, 0) is 10.0 Å². The molecule has 40 heavy (non-hydrogen) atoms. The van der Waals surface area contributed by atoms with Gasteiger partial charge in [0.05, 0.1) is 24.4 Å². The standard InChI is InChI=1S/C27H31ClN8O3S/c1-17-23(35(3)40(4,37)38)16-36(17)22-6-5-21(18-13-25(28)32-15-19(18)22)34(2)11-12-39-24-7-9-30-14-20(24)27-31-10-8-26(29)33-27/h5-10,13-15,17,23H,11-12,16H2,1-4H3,(H2,29,31,33)/t17-,23+/m1/s1. The van der Waals surface area contributed by atoms with Gasteiger partial charge in [-0.1, -0.05) is 11.6 Å². The highest BCUT2D eigenvalue weighted by Crippen LogP contribution is 2.39. The number of likely N-dealkylation sites (N-methyl/N-ethyl adjacent to an activating group) is 2. The van der Waals surface area contributed by atoms with Gasteiger partial charge in [-0.2, -0.15) is 4.31 Å². The molecule has 0 unspecified atom stereocenters. The molecule has 11 nitrogen and oxygen atoms in total. The van der Waals surface area contributed by atoms with Crippen LogP contribution in [0.5, 0.6) is 5.75 Å². The molecule has 0 bridgehead atoms. The number of fused-ring (bicyclic) bond motifs is 1. The lowest BCUT2D eigenvalue weighted by molar-refractivity contribution is 0.251. The number of hydrogen-bond donors (Lipinski definition) is 1. The summed E-state index contributed by atoms with van der Waals surface area (Å²) in [6, 6.07) is 9.27. The molecule has 0 radical (unpaired) electrons. The molecule has 0 aliphatic carbocycles. The molecule has 3 aromatic heterocycles. The summed E-state index contributed by atoms with van der Waals surface area (Å²) < 4.78 is 31.7. The molecule has 1 aliphatic rings. The monoisotopic (exact) mass is 582 g/mol. The normalized spacial score (nSPS) is 17.2. The highest BCUT2D eigenvalue weighted by molar-refractivity contribution is 7.88. The lowest BCUT2D eigenvalue weighted by atomic mass is 9.95. The van der Waals surface area contributed by atoms with E-state index in [1.165, 1.54) is 10.6 Å². The predicted molar refractivity (Wildman–Crippen MR) is 158 cm³/mol. The number of benzene rings is 1. The van der Waals surface area contributed by atoms with E-state index in [0.29, 0.717) is 47.8 Å². The third kappa shape index (κ3) is 5.47. The molecular formula is C27H31ClN8O3S. The quantitative estimate of drug-likeness (QED) is 0.293. The van der Waals surface area contributed by atoms with E-state index < -0.39 is 10.0 Å². The van der Waals surface area contributed by atoms with E-state index in [2.05, 4.69) is 35.8 Å². The van der Waals surface area contributed by atoms with Gasteiger partial charge >= 0.3 is 0 Å². The second-order valence-corrected chi connectivity index (χ2v) is 12.3. The van der Waals surface area contributed by atoms with E-state index in [1.54, 1.807) is 44.0 Å². The minimum atomic E-state index is -3.27. The zero-order valence-corrected chi connectivity index (χ0v) is 24.3. The number of anilines is 3. The van der Waals surface area contributed by atoms with E-state index in [4.69, 9.17) is 22.1 Å². The average Bonchev–Trinajstić information content (AvgIpc) is 2.91. The Hall–Kier alpha value is -3.74. The molecule has 0 spiro atoms. The Morgan fingerprint density at radius 2 is 1.93 bits per heavy atom. The fourth-order valence-electron chi connectivity index (χ4n) is 4.93. The first-order valence-electron chi connectivity index (χ1n) is 12.7. The number of ether oxygens (including phenoxy) is 1. The number of hydrogen-bond acceptors (Lipinski definition) is 10. The highest BCUT2D eigenvalue weighted by Gasteiger charge is 2.41. The lowest BCUT2D eigenvalue weighted by Gasteiger charge is -2.51. The van der Waals surface area contributed by atoms with Crippen LogP contribution in [0, 0.1) is 0 Å². The van der Waals surface area contributed by atoms with Gasteiger partial charge in [-0.25, -0.2) is 23.4 Å². The molecule has 4 heterocycles. The Morgan fingerprint density at radius 3 is 2.65 bits per heavy atom. The molecule has 5 rings (SSSR count). The molecule has 1 fully saturated rings. The van der Waals surface area contributed by atoms with Crippen LogP contribution in [0.25, 0.3) is 22.2 Å². The molecule has 1 aliphatic heterocycles. The molecule has 0 saturated carbocycles. The van der Waals surface area contributed by atoms with Crippen molar-refractivity contribution in [3.05, 3.63) is 60.3 Å². The van der Waals surface area contributed by atoms with Crippen LogP contribution >= 0.6 is 11.6 Å². The summed E-state index contributed by atoms with van der Waals surface area (Å²) in [4.78, 5) is 21.4. The number of nitrogens with zero attached hydrogens (tertiary/aromatic N) is 7. The first-order valence-corrected chi connectivity index (χ1v) is 14.9. The van der Waals surface area contributed by atoms with Crippen molar-refractivity contribution in [3.63, 3.8) is 0 Å². The van der Waals surface area contributed by atoms with Crippen molar-refractivity contribution >= 4 is 49.6 Å². The summed E-state index contributed by atoms with van der Waals surface area (Å²) in [5.74, 6) is 1.43. The van der Waals surface area contributed by atoms with E-state index >= 15 is 0 Å². The first-order chi connectivity index (χ1) is 19.0. The number of nitrogen functional groups attached to an aromatic ring is 1. The smallest absolute Gasteiger partial charge is 0.211 e. The van der Waals surface area contributed by atoms with Gasteiger partial charge in [-0.15, -0.1) is 0 Å². The van der Waals surface area contributed by atoms with E-state index in [-0.39, 0.29) is 12.1 Å². The van der Waals surface area contributed by atoms with Gasteiger partial charge < -0.3 is 20.3 Å². The Labute approximate surface area is 238 Å². The van der Waals surface area contributed by atoms with Gasteiger partial charge in [-0.05, 0) is 37.3 Å². The summed E-state index contributed by atoms with van der Waals surface area (Å²) in [5, 5.41) is 2.28. The second kappa shape index (κ2) is 11.0. The molecule has 2 N–H and O–H groups in total. The van der Waals surface area contributed by atoms with Crippen LogP contribution in [0.3, 0.4) is 0 Å². The van der Waals surface area contributed by atoms with Crippen molar-refractivity contribution < 1.29 is 13.2 Å². The Balaban J connectivity index is 1.34. The third-order valence-electron chi connectivity index (χ3n) is 7.35. The Kier molecular flexibility index (Phi) is 7.67. The van der Waals surface area contributed by atoms with Crippen LogP contribution in [0.4, 0.5) is 17.2 Å². The van der Waals surface area contributed by atoms with Crippen molar-refractivity contribution in [1.29, 1.82) is 0 Å². The van der Waals surface area contributed by atoms with Crippen molar-refractivity contribution in [1.82, 2.24) is 24.2 Å². The molecule has 0 amide bonds. The molecule has 1 aromatic carbocycles. The maximum Gasteiger partial charge on any atom is 0.211 e. The maximum atomic E-state index is 12.1. The topological polar surface area (TPSA) is 131 Å². The molecule has 2 atom stereocenters. The summed E-state index contributed by atoms with van der Waals surface area (Å²) in [6.45, 7) is 3.59. The number of sulfonamides is 1. The fraction of sp³-hybridized carbons (Fsp3) is 0.333. The number of pyridine rings is 2. The van der Waals surface area contributed by atoms with Gasteiger partial charge in [-0.3, -0.25) is 4.98 Å². The molecule has 4 aromatic rings. The van der Waals surface area contributed by atoms with Crippen molar-refractivity contribution in [2.24, 2.45) is 0 Å². The molecule has 13 heteroatoms. The Bertz CT molecular complexity index is 1650. The minimum Gasteiger partial charge on any atom is -0.491 e. The first kappa shape index (κ1) is 27.8. The number of nitrogens with two attached hydrogens (primary N) is 1. The van der Waals surface area contributed by atoms with Crippen molar-refractivity contribution in [3.8, 4) is 17.1 Å². The van der Waals surface area contributed by atoms with E-state index in [9.17, 15) is 8.42 Å². The van der Waals surface area contributed by atoms with E-state index in [1.807, 2.05) is 26.1 Å². The second-order valence-electron chi connectivity index (χ2n) is 9.84. The van der Waals surface area contributed by atoms with Gasteiger partial charge in [0, 0.05) is 73.6 Å². The largest absolute Gasteiger partial charge is 0.491 e. The van der Waals surface area contributed by atoms with Crippen LogP contribution in [0.2, 0.25) is 5.15 Å². The SMILES string of the molecule is C[C@@H]1[C@@H](N(C)S(C)(=O)=O)CN1c1ccc(N(C)CCOc2ccncc2-c2nccc(N)n2)c2cc(Cl)ncc12. The number of rotatable bonds is 9. The van der Waals surface area contributed by atoms with E-state index in [0.717, 1.165) is 22.1 Å². The van der Waals surface area contributed by atoms with Gasteiger partial charge in [0.15, 0.2) is 5.82 Å². The lowest BCUT2D eigenvalue weighted by Crippen LogP contribution is -2.65. The summed E-state index contributed by atoms with van der Waals surface area (Å²) in [5.41, 5.74) is 8.45. The maximum absolute atomic E-state index is 12.1. The zero-order chi connectivity index (χ0) is 28.6. The minimum absolute atomic E-state index is 0.00841. The third-order valence-corrected chi connectivity index (χ3v) is 8.87.